The van der Waals surface area contributed by atoms with E-state index < -0.39 is 0 Å². The molecular weight excluding hydrogens is 348 g/mol. The molecule has 2 fully saturated rings. The summed E-state index contributed by atoms with van der Waals surface area (Å²) in [5.74, 6) is 0.0308. The molecule has 2 aromatic carbocycles. The SMILES string of the molecule is CCC1(CC)CC(CCN2CCN(c3cccc4ccccc34)CC2)OC1=O. The van der Waals surface area contributed by atoms with Crippen molar-refractivity contribution < 1.29 is 9.53 Å². The molecule has 2 heterocycles. The van der Waals surface area contributed by atoms with Gasteiger partial charge in [-0.3, -0.25) is 9.69 Å². The summed E-state index contributed by atoms with van der Waals surface area (Å²) in [5.41, 5.74) is 1.12. The van der Waals surface area contributed by atoms with Crippen molar-refractivity contribution in [1.29, 1.82) is 0 Å². The molecule has 2 aliphatic heterocycles. The molecule has 0 aromatic heterocycles. The zero-order valence-electron chi connectivity index (χ0n) is 17.2. The summed E-state index contributed by atoms with van der Waals surface area (Å²) in [5, 5.41) is 2.65. The summed E-state index contributed by atoms with van der Waals surface area (Å²) in [7, 11) is 0. The number of rotatable bonds is 6. The summed E-state index contributed by atoms with van der Waals surface area (Å²) >= 11 is 0. The van der Waals surface area contributed by atoms with Crippen molar-refractivity contribution in [3.8, 4) is 0 Å². The smallest absolute Gasteiger partial charge is 0.312 e. The Hall–Kier alpha value is -2.07. The summed E-state index contributed by atoms with van der Waals surface area (Å²) < 4.78 is 5.71. The Balaban J connectivity index is 1.31. The highest BCUT2D eigenvalue weighted by atomic mass is 16.6. The van der Waals surface area contributed by atoms with Gasteiger partial charge in [-0.2, -0.15) is 0 Å². The Morgan fingerprint density at radius 2 is 1.71 bits per heavy atom. The van der Waals surface area contributed by atoms with E-state index in [2.05, 4.69) is 66.1 Å². The normalized spacial score (nSPS) is 22.6. The third-order valence-electron chi connectivity index (χ3n) is 6.93. The first-order valence-electron chi connectivity index (χ1n) is 10.8. The van der Waals surface area contributed by atoms with E-state index >= 15 is 0 Å². The summed E-state index contributed by atoms with van der Waals surface area (Å²) in [6.07, 6.45) is 3.74. The van der Waals surface area contributed by atoms with Crippen molar-refractivity contribution in [3.05, 3.63) is 42.5 Å². The minimum Gasteiger partial charge on any atom is -0.462 e. The van der Waals surface area contributed by atoms with Crippen LogP contribution in [-0.4, -0.2) is 49.7 Å². The molecule has 0 spiro atoms. The van der Waals surface area contributed by atoms with Crippen molar-refractivity contribution in [2.75, 3.05) is 37.6 Å². The van der Waals surface area contributed by atoms with E-state index in [1.807, 2.05) is 0 Å². The quantitative estimate of drug-likeness (QED) is 0.692. The van der Waals surface area contributed by atoms with Crippen LogP contribution in [0.1, 0.15) is 39.5 Å². The first-order chi connectivity index (χ1) is 13.6. The van der Waals surface area contributed by atoms with Gasteiger partial charge < -0.3 is 9.64 Å². The van der Waals surface area contributed by atoms with Gasteiger partial charge in [0.2, 0.25) is 0 Å². The van der Waals surface area contributed by atoms with E-state index in [4.69, 9.17) is 4.74 Å². The molecule has 4 nitrogen and oxygen atoms in total. The van der Waals surface area contributed by atoms with Crippen LogP contribution in [0.15, 0.2) is 42.5 Å². The van der Waals surface area contributed by atoms with E-state index in [-0.39, 0.29) is 17.5 Å². The average Bonchev–Trinajstić information content (AvgIpc) is 3.08. The fraction of sp³-hybridized carbons (Fsp3) is 0.542. The van der Waals surface area contributed by atoms with Crippen LogP contribution in [0.2, 0.25) is 0 Å². The van der Waals surface area contributed by atoms with Crippen molar-refractivity contribution in [2.24, 2.45) is 5.41 Å². The van der Waals surface area contributed by atoms with Gasteiger partial charge in [-0.05, 0) is 30.7 Å². The van der Waals surface area contributed by atoms with Gasteiger partial charge in [0.1, 0.15) is 6.10 Å². The fourth-order valence-electron chi connectivity index (χ4n) is 4.85. The Morgan fingerprint density at radius 3 is 2.43 bits per heavy atom. The Bertz CT molecular complexity index is 817. The van der Waals surface area contributed by atoms with Crippen LogP contribution in [0.25, 0.3) is 10.8 Å². The van der Waals surface area contributed by atoms with E-state index in [1.54, 1.807) is 0 Å². The molecule has 2 saturated heterocycles. The molecule has 28 heavy (non-hydrogen) atoms. The maximum absolute atomic E-state index is 12.3. The molecule has 2 aromatic rings. The van der Waals surface area contributed by atoms with Gasteiger partial charge >= 0.3 is 5.97 Å². The Kier molecular flexibility index (Phi) is 5.58. The minimum absolute atomic E-state index is 0.0308. The van der Waals surface area contributed by atoms with Gasteiger partial charge in [-0.1, -0.05) is 50.2 Å². The third-order valence-corrected chi connectivity index (χ3v) is 6.93. The molecule has 2 aliphatic rings. The van der Waals surface area contributed by atoms with Gasteiger partial charge in [0, 0.05) is 50.2 Å². The number of nitrogens with zero attached hydrogens (tertiary/aromatic N) is 2. The molecule has 0 N–H and O–H groups in total. The van der Waals surface area contributed by atoms with Crippen LogP contribution in [0.5, 0.6) is 0 Å². The van der Waals surface area contributed by atoms with Crippen molar-refractivity contribution in [3.63, 3.8) is 0 Å². The number of cyclic esters (lactones) is 1. The first kappa shape index (κ1) is 19.3. The van der Waals surface area contributed by atoms with Crippen LogP contribution in [0.3, 0.4) is 0 Å². The molecular formula is C24H32N2O2. The van der Waals surface area contributed by atoms with Crippen molar-refractivity contribution >= 4 is 22.4 Å². The van der Waals surface area contributed by atoms with Gasteiger partial charge in [0.05, 0.1) is 5.41 Å². The average molecular weight is 381 g/mol. The van der Waals surface area contributed by atoms with Gasteiger partial charge in [-0.15, -0.1) is 0 Å². The molecule has 0 saturated carbocycles. The lowest BCUT2D eigenvalue weighted by Gasteiger charge is -2.37. The number of fused-ring (bicyclic) bond motifs is 1. The second kappa shape index (κ2) is 8.12. The van der Waals surface area contributed by atoms with Crippen LogP contribution in [0.4, 0.5) is 5.69 Å². The number of anilines is 1. The molecule has 0 amide bonds. The summed E-state index contributed by atoms with van der Waals surface area (Å²) in [4.78, 5) is 17.3. The van der Waals surface area contributed by atoms with Crippen molar-refractivity contribution in [2.45, 2.75) is 45.6 Å². The minimum atomic E-state index is -0.224. The highest BCUT2D eigenvalue weighted by molar-refractivity contribution is 5.94. The van der Waals surface area contributed by atoms with Crippen LogP contribution in [0, 0.1) is 5.41 Å². The van der Waals surface area contributed by atoms with Gasteiger partial charge in [-0.25, -0.2) is 0 Å². The predicted molar refractivity (Wildman–Crippen MR) is 115 cm³/mol. The molecule has 4 rings (SSSR count). The van der Waals surface area contributed by atoms with Crippen molar-refractivity contribution in [1.82, 2.24) is 4.90 Å². The van der Waals surface area contributed by atoms with E-state index in [0.717, 1.165) is 58.4 Å². The first-order valence-corrected chi connectivity index (χ1v) is 10.8. The lowest BCUT2D eigenvalue weighted by molar-refractivity contribution is -0.149. The number of carbonyl (C=O) groups excluding carboxylic acids is 1. The second-order valence-corrected chi connectivity index (χ2v) is 8.33. The van der Waals surface area contributed by atoms with Crippen LogP contribution < -0.4 is 4.90 Å². The number of carbonyl (C=O) groups is 1. The van der Waals surface area contributed by atoms with E-state index in [1.165, 1.54) is 16.5 Å². The molecule has 0 bridgehead atoms. The Morgan fingerprint density at radius 1 is 1.00 bits per heavy atom. The molecule has 0 aliphatic carbocycles. The number of hydrogen-bond acceptors (Lipinski definition) is 4. The lowest BCUT2D eigenvalue weighted by Crippen LogP contribution is -2.47. The monoisotopic (exact) mass is 380 g/mol. The zero-order valence-corrected chi connectivity index (χ0v) is 17.2. The highest BCUT2D eigenvalue weighted by Gasteiger charge is 2.46. The van der Waals surface area contributed by atoms with Gasteiger partial charge in [0.15, 0.2) is 0 Å². The summed E-state index contributed by atoms with van der Waals surface area (Å²) in [6.45, 7) is 9.47. The van der Waals surface area contributed by atoms with Gasteiger partial charge in [0.25, 0.3) is 0 Å². The number of hydrogen-bond donors (Lipinski definition) is 0. The predicted octanol–water partition coefficient (Wildman–Crippen LogP) is 4.47. The maximum Gasteiger partial charge on any atom is 0.312 e. The summed E-state index contributed by atoms with van der Waals surface area (Å²) in [6, 6.07) is 15.2. The van der Waals surface area contributed by atoms with Crippen LogP contribution in [-0.2, 0) is 9.53 Å². The van der Waals surface area contributed by atoms with E-state index in [9.17, 15) is 4.79 Å². The topological polar surface area (TPSA) is 32.8 Å². The standard InChI is InChI=1S/C24H32N2O2/c1-3-24(4-2)18-20(28-23(24)27)12-13-25-14-16-26(17-15-25)22-11-7-9-19-8-5-6-10-21(19)22/h5-11,20H,3-4,12-18H2,1-2H3. The largest absolute Gasteiger partial charge is 0.462 e. The molecule has 0 radical (unpaired) electrons. The number of benzene rings is 2. The molecule has 1 unspecified atom stereocenters. The number of ether oxygens (including phenoxy) is 1. The molecule has 4 heteroatoms. The zero-order chi connectivity index (χ0) is 19.6. The second-order valence-electron chi connectivity index (χ2n) is 8.33. The Labute approximate surface area is 168 Å². The number of piperazine rings is 1. The van der Waals surface area contributed by atoms with E-state index in [0.29, 0.717) is 0 Å². The molecule has 1 atom stereocenters. The third kappa shape index (κ3) is 3.62. The lowest BCUT2D eigenvalue weighted by atomic mass is 9.79. The molecule has 150 valence electrons. The number of esters is 1. The fourth-order valence-corrected chi connectivity index (χ4v) is 4.85. The highest BCUT2D eigenvalue weighted by Crippen LogP contribution is 2.41. The van der Waals surface area contributed by atoms with Crippen LogP contribution >= 0.6 is 0 Å². The maximum atomic E-state index is 12.3.